The van der Waals surface area contributed by atoms with Gasteiger partial charge >= 0.3 is 0 Å². The fraction of sp³-hybridized carbons (Fsp3) is 0.457. The summed E-state index contributed by atoms with van der Waals surface area (Å²) in [5.74, 6) is -2.76. The van der Waals surface area contributed by atoms with Crippen LogP contribution in [0.5, 0.6) is 0 Å². The minimum absolute atomic E-state index is 0.0670. The molecule has 0 saturated carbocycles. The molecule has 3 aliphatic rings. The molecule has 46 heavy (non-hydrogen) atoms. The van der Waals surface area contributed by atoms with Crippen LogP contribution in [0.15, 0.2) is 79.9 Å². The lowest BCUT2D eigenvalue weighted by atomic mass is 9.62. The number of benzene rings is 2. The van der Waals surface area contributed by atoms with E-state index in [2.05, 4.69) is 23.5 Å². The van der Waals surface area contributed by atoms with Crippen LogP contribution in [0.1, 0.15) is 32.8 Å². The summed E-state index contributed by atoms with van der Waals surface area (Å²) in [4.78, 5) is 48.8. The minimum atomic E-state index is -1.26. The van der Waals surface area contributed by atoms with Gasteiger partial charge in [0, 0.05) is 19.6 Å². The molecule has 4 heterocycles. The number of ether oxygens (including phenoxy) is 1. The Balaban J connectivity index is 1.40. The Bertz CT molecular complexity index is 1660. The zero-order chi connectivity index (χ0) is 32.8. The third kappa shape index (κ3) is 4.84. The molecule has 3 unspecified atom stereocenters. The van der Waals surface area contributed by atoms with Gasteiger partial charge in [-0.15, -0.1) is 18.3 Å². The highest BCUT2D eigenvalue weighted by molar-refractivity contribution is 5.99. The zero-order valence-electron chi connectivity index (χ0n) is 26.7. The summed E-state index contributed by atoms with van der Waals surface area (Å²) in [6.07, 6.45) is 3.73. The van der Waals surface area contributed by atoms with Gasteiger partial charge in [0.25, 0.3) is 0 Å². The van der Waals surface area contributed by atoms with Gasteiger partial charge < -0.3 is 24.5 Å². The second-order valence-corrected chi connectivity index (χ2v) is 13.0. The molecular weight excluding hydrogens is 584 g/mol. The molecule has 3 fully saturated rings. The lowest BCUT2D eigenvalue weighted by Crippen LogP contribution is -2.58. The third-order valence-electron chi connectivity index (χ3n) is 10.3. The second-order valence-electron chi connectivity index (χ2n) is 13.0. The van der Waals surface area contributed by atoms with Crippen molar-refractivity contribution in [2.45, 2.75) is 63.7 Å². The molecule has 6 rings (SSSR count). The third-order valence-corrected chi connectivity index (χ3v) is 10.3. The predicted molar refractivity (Wildman–Crippen MR) is 172 cm³/mol. The number of amides is 3. The first-order valence-corrected chi connectivity index (χ1v) is 15.9. The number of fused-ring (bicyclic) bond motifs is 2. The highest BCUT2D eigenvalue weighted by atomic mass is 16.5. The molecule has 11 heteroatoms. The van der Waals surface area contributed by atoms with Crippen molar-refractivity contribution in [3.8, 4) is 0 Å². The molecule has 2 aromatic carbocycles. The molecular formula is C35H42N6O5. The standard InChI is InChI=1S/C35H42N6O5/c1-6-17-38(20-25-13-9-8-10-14-25)31(43)28-29-32(44)41(24(4)21-42)30(35(29)19-23(3)34(28,5)46-35)33(45)39(18-7-2)22-40-27-16-12-11-15-26(27)36-37-40/h6-16,23-24,28-30,42H,1-2,17-22H2,3-5H3/t23?,24-,28+,29+,30?,34-,35?/m1/s1. The highest BCUT2D eigenvalue weighted by Crippen LogP contribution is 2.65. The first-order valence-electron chi connectivity index (χ1n) is 15.9. The quantitative estimate of drug-likeness (QED) is 0.307. The lowest BCUT2D eigenvalue weighted by molar-refractivity contribution is -0.158. The molecule has 242 valence electrons. The van der Waals surface area contributed by atoms with E-state index < -0.39 is 35.1 Å². The topological polar surface area (TPSA) is 121 Å². The van der Waals surface area contributed by atoms with Gasteiger partial charge in [0.1, 0.15) is 23.8 Å². The monoisotopic (exact) mass is 626 g/mol. The summed E-state index contributed by atoms with van der Waals surface area (Å²) in [6, 6.07) is 15.4. The molecule has 1 aromatic heterocycles. The van der Waals surface area contributed by atoms with Crippen LogP contribution in [0.4, 0.5) is 0 Å². The maximum Gasteiger partial charge on any atom is 0.250 e. The van der Waals surface area contributed by atoms with Gasteiger partial charge in [0.05, 0.1) is 35.6 Å². The Morgan fingerprint density at radius 1 is 1.09 bits per heavy atom. The van der Waals surface area contributed by atoms with Crippen LogP contribution in [-0.4, -0.2) is 95.5 Å². The Morgan fingerprint density at radius 3 is 2.46 bits per heavy atom. The number of carbonyl (C=O) groups excluding carboxylic acids is 3. The maximum absolute atomic E-state index is 14.8. The molecule has 1 N–H and O–H groups in total. The van der Waals surface area contributed by atoms with Gasteiger partial charge in [-0.1, -0.05) is 66.8 Å². The van der Waals surface area contributed by atoms with Crippen LogP contribution in [0.25, 0.3) is 11.0 Å². The second kappa shape index (κ2) is 12.1. The fourth-order valence-corrected chi connectivity index (χ4v) is 8.01. The average molecular weight is 627 g/mol. The molecule has 3 saturated heterocycles. The molecule has 0 aliphatic carbocycles. The van der Waals surface area contributed by atoms with Gasteiger partial charge in [-0.2, -0.15) is 0 Å². The molecule has 0 radical (unpaired) electrons. The van der Waals surface area contributed by atoms with E-state index in [0.717, 1.165) is 11.1 Å². The van der Waals surface area contributed by atoms with Crippen LogP contribution in [-0.2, 0) is 32.3 Å². The van der Waals surface area contributed by atoms with E-state index in [-0.39, 0.29) is 43.5 Å². The van der Waals surface area contributed by atoms with E-state index in [0.29, 0.717) is 25.0 Å². The van der Waals surface area contributed by atoms with Crippen molar-refractivity contribution in [3.05, 3.63) is 85.5 Å². The van der Waals surface area contributed by atoms with E-state index in [1.165, 1.54) is 4.90 Å². The number of likely N-dealkylation sites (tertiary alicyclic amines) is 1. The summed E-state index contributed by atoms with van der Waals surface area (Å²) in [6.45, 7) is 13.9. The van der Waals surface area contributed by atoms with Crippen molar-refractivity contribution >= 4 is 28.8 Å². The summed E-state index contributed by atoms with van der Waals surface area (Å²) in [5.41, 5.74) is 0.166. The minimum Gasteiger partial charge on any atom is -0.394 e. The zero-order valence-corrected chi connectivity index (χ0v) is 26.7. The molecule has 7 atom stereocenters. The van der Waals surface area contributed by atoms with Crippen molar-refractivity contribution in [1.82, 2.24) is 29.7 Å². The van der Waals surface area contributed by atoms with Gasteiger partial charge in [-0.25, -0.2) is 4.68 Å². The van der Waals surface area contributed by atoms with Crippen LogP contribution in [0.3, 0.4) is 0 Å². The van der Waals surface area contributed by atoms with Crippen molar-refractivity contribution in [2.24, 2.45) is 17.8 Å². The number of para-hydroxylation sites is 1. The van der Waals surface area contributed by atoms with E-state index in [9.17, 15) is 19.5 Å². The predicted octanol–water partition coefficient (Wildman–Crippen LogP) is 3.01. The number of aliphatic hydroxyl groups is 1. The summed E-state index contributed by atoms with van der Waals surface area (Å²) >= 11 is 0. The smallest absolute Gasteiger partial charge is 0.250 e. The van der Waals surface area contributed by atoms with Crippen LogP contribution in [0, 0.1) is 17.8 Å². The SMILES string of the molecule is C=CCN(Cn1nnc2ccccc21)C(=O)C1N([C@H](C)CO)C(=O)[C@@H]2[C@@H](C(=O)N(CC=C)Cc3ccccc3)[C@]3(C)OC12CC3C. The molecule has 2 bridgehead atoms. The summed E-state index contributed by atoms with van der Waals surface area (Å²) in [5, 5.41) is 18.8. The first kappa shape index (κ1) is 31.6. The Hall–Kier alpha value is -4.35. The van der Waals surface area contributed by atoms with Crippen molar-refractivity contribution < 1.29 is 24.2 Å². The van der Waals surface area contributed by atoms with E-state index in [1.807, 2.05) is 68.4 Å². The number of carbonyl (C=O) groups is 3. The fourth-order valence-electron chi connectivity index (χ4n) is 8.01. The van der Waals surface area contributed by atoms with Crippen molar-refractivity contribution in [3.63, 3.8) is 0 Å². The molecule has 3 amide bonds. The number of hydrogen-bond acceptors (Lipinski definition) is 7. The van der Waals surface area contributed by atoms with Crippen LogP contribution >= 0.6 is 0 Å². The van der Waals surface area contributed by atoms with Gasteiger partial charge in [0.15, 0.2) is 0 Å². The number of hydrogen-bond donors (Lipinski definition) is 1. The number of rotatable bonds is 12. The lowest BCUT2D eigenvalue weighted by Gasteiger charge is -2.39. The van der Waals surface area contributed by atoms with Crippen molar-refractivity contribution in [2.75, 3.05) is 19.7 Å². The van der Waals surface area contributed by atoms with Gasteiger partial charge in [-0.3, -0.25) is 14.4 Å². The number of aromatic nitrogens is 3. The Kier molecular flexibility index (Phi) is 8.32. The van der Waals surface area contributed by atoms with E-state index >= 15 is 0 Å². The number of aliphatic hydroxyl groups excluding tert-OH is 1. The van der Waals surface area contributed by atoms with E-state index in [4.69, 9.17) is 4.74 Å². The summed E-state index contributed by atoms with van der Waals surface area (Å²) in [7, 11) is 0. The average Bonchev–Trinajstić information content (AvgIpc) is 3.73. The Morgan fingerprint density at radius 2 is 1.76 bits per heavy atom. The maximum atomic E-state index is 14.8. The molecule has 11 nitrogen and oxygen atoms in total. The summed E-state index contributed by atoms with van der Waals surface area (Å²) < 4.78 is 8.57. The highest BCUT2D eigenvalue weighted by Gasteiger charge is 2.80. The van der Waals surface area contributed by atoms with Crippen LogP contribution < -0.4 is 0 Å². The molecule has 3 aliphatic heterocycles. The van der Waals surface area contributed by atoms with E-state index in [1.54, 1.807) is 33.6 Å². The molecule has 3 aromatic rings. The normalized spacial score (nSPS) is 28.7. The number of nitrogens with zero attached hydrogens (tertiary/aromatic N) is 6. The van der Waals surface area contributed by atoms with Gasteiger partial charge in [0.2, 0.25) is 17.7 Å². The molecule has 1 spiro atoms. The Labute approximate surface area is 269 Å². The largest absolute Gasteiger partial charge is 0.394 e. The van der Waals surface area contributed by atoms with Gasteiger partial charge in [-0.05, 0) is 43.9 Å². The van der Waals surface area contributed by atoms with Crippen molar-refractivity contribution in [1.29, 1.82) is 0 Å². The first-order chi connectivity index (χ1) is 22.1. The van der Waals surface area contributed by atoms with Crippen LogP contribution in [0.2, 0.25) is 0 Å².